The van der Waals surface area contributed by atoms with Crippen molar-refractivity contribution >= 4 is 5.78 Å². The highest BCUT2D eigenvalue weighted by Gasteiger charge is 2.45. The average molecular weight is 419 g/mol. The van der Waals surface area contributed by atoms with Crippen molar-refractivity contribution < 1.29 is 39.4 Å². The molecule has 5 atom stereocenters. The fourth-order valence-electron chi connectivity index (χ4n) is 3.77. The number of hydrogen-bond acceptors (Lipinski definition) is 9. The number of ether oxygens (including phenoxy) is 3. The topological polar surface area (TPSA) is 138 Å². The third kappa shape index (κ3) is 3.70. The van der Waals surface area contributed by atoms with Gasteiger partial charge in [0.2, 0.25) is 6.29 Å². The van der Waals surface area contributed by atoms with Gasteiger partial charge in [0, 0.05) is 18.1 Å². The molecule has 1 aromatic carbocycles. The predicted octanol–water partition coefficient (Wildman–Crippen LogP) is -0.177. The number of benzene rings is 1. The zero-order chi connectivity index (χ0) is 21.6. The summed E-state index contributed by atoms with van der Waals surface area (Å²) in [7, 11) is 0. The Balaban J connectivity index is 1.62. The predicted molar refractivity (Wildman–Crippen MR) is 103 cm³/mol. The highest BCUT2D eigenvalue weighted by molar-refractivity contribution is 5.93. The Labute approximate surface area is 173 Å². The number of carbonyl (C=O) groups is 1. The maximum atomic E-state index is 11.8. The number of aliphatic hydroxyl groups is 4. The summed E-state index contributed by atoms with van der Waals surface area (Å²) in [6, 6.07) is 5.04. The molecule has 1 aromatic rings. The molecule has 0 unspecified atom stereocenters. The normalized spacial score (nSPS) is 32.5. The minimum absolute atomic E-state index is 0.0155. The standard InChI is InChI=1S/C21H25NO8/c1-21(2)12-8-11(28-20-19(27)18(26)17(25)16(9-23)30-20)4-6-14(12)29-15-5-3-10(24)7-13(15)22-21/h4-8,16-20,22-23,25-27H,3,9H2,1-2H3/t16-,17+,18+,19-,20-/m1/s1. The Morgan fingerprint density at radius 1 is 1.20 bits per heavy atom. The molecule has 1 aliphatic carbocycles. The molecule has 1 saturated heterocycles. The first-order valence-electron chi connectivity index (χ1n) is 9.72. The lowest BCUT2D eigenvalue weighted by Crippen LogP contribution is -2.60. The molecule has 0 aromatic heterocycles. The zero-order valence-electron chi connectivity index (χ0n) is 16.6. The van der Waals surface area contributed by atoms with Crippen molar-refractivity contribution in [2.75, 3.05) is 6.61 Å². The molecule has 30 heavy (non-hydrogen) atoms. The van der Waals surface area contributed by atoms with Crippen LogP contribution in [0.4, 0.5) is 0 Å². The number of carbonyl (C=O) groups excluding carboxylic acids is 1. The van der Waals surface area contributed by atoms with Crippen LogP contribution in [0.15, 0.2) is 41.8 Å². The lowest BCUT2D eigenvalue weighted by molar-refractivity contribution is -0.277. The summed E-state index contributed by atoms with van der Waals surface area (Å²) in [5.74, 6) is 1.47. The van der Waals surface area contributed by atoms with Crippen molar-refractivity contribution in [3.05, 3.63) is 47.4 Å². The van der Waals surface area contributed by atoms with Crippen molar-refractivity contribution in [3.8, 4) is 11.5 Å². The summed E-state index contributed by atoms with van der Waals surface area (Å²) in [6.07, 6.45) is -3.31. The van der Waals surface area contributed by atoms with E-state index < -0.39 is 42.9 Å². The van der Waals surface area contributed by atoms with Crippen LogP contribution in [-0.2, 0) is 15.1 Å². The second-order valence-electron chi connectivity index (χ2n) is 8.12. The fourth-order valence-corrected chi connectivity index (χ4v) is 3.77. The van der Waals surface area contributed by atoms with Crippen LogP contribution in [0.2, 0.25) is 0 Å². The fraction of sp³-hybridized carbons (Fsp3) is 0.476. The first kappa shape index (κ1) is 20.8. The Hall–Kier alpha value is -2.43. The SMILES string of the molecule is CC1(C)NC2=CC(=O)CC=C2Oc2ccc(O[C@@H]3O[C@H](CO)[C@H](O)[C@H](O)[C@H]3O)cc21. The van der Waals surface area contributed by atoms with Gasteiger partial charge >= 0.3 is 0 Å². The molecule has 0 bridgehead atoms. The van der Waals surface area contributed by atoms with Gasteiger partial charge in [0.25, 0.3) is 0 Å². The summed E-state index contributed by atoms with van der Waals surface area (Å²) in [4.78, 5) is 11.8. The average Bonchev–Trinajstić information content (AvgIpc) is 2.81. The van der Waals surface area contributed by atoms with Gasteiger partial charge in [0.05, 0.1) is 17.8 Å². The number of allylic oxidation sites excluding steroid dienone is 2. The van der Waals surface area contributed by atoms with Crippen molar-refractivity contribution in [2.24, 2.45) is 0 Å². The number of aliphatic hydroxyl groups excluding tert-OH is 4. The smallest absolute Gasteiger partial charge is 0.229 e. The molecule has 0 spiro atoms. The van der Waals surface area contributed by atoms with E-state index in [1.807, 2.05) is 13.8 Å². The maximum Gasteiger partial charge on any atom is 0.229 e. The van der Waals surface area contributed by atoms with Crippen LogP contribution < -0.4 is 14.8 Å². The zero-order valence-corrected chi connectivity index (χ0v) is 16.6. The molecular formula is C21H25NO8. The van der Waals surface area contributed by atoms with E-state index in [-0.39, 0.29) is 12.2 Å². The van der Waals surface area contributed by atoms with E-state index in [1.54, 1.807) is 24.3 Å². The highest BCUT2D eigenvalue weighted by atomic mass is 16.7. The van der Waals surface area contributed by atoms with E-state index >= 15 is 0 Å². The van der Waals surface area contributed by atoms with Crippen molar-refractivity contribution in [3.63, 3.8) is 0 Å². The molecule has 0 saturated carbocycles. The van der Waals surface area contributed by atoms with Gasteiger partial charge in [-0.15, -0.1) is 0 Å². The molecule has 162 valence electrons. The number of ketones is 1. The van der Waals surface area contributed by atoms with E-state index in [4.69, 9.17) is 14.2 Å². The third-order valence-corrected chi connectivity index (χ3v) is 5.45. The van der Waals surface area contributed by atoms with Crippen LogP contribution in [0.5, 0.6) is 11.5 Å². The second kappa shape index (κ2) is 7.68. The summed E-state index contributed by atoms with van der Waals surface area (Å²) in [6.45, 7) is 3.31. The van der Waals surface area contributed by atoms with Gasteiger partial charge in [-0.05, 0) is 38.1 Å². The second-order valence-corrected chi connectivity index (χ2v) is 8.12. The maximum absolute atomic E-state index is 11.8. The van der Waals surface area contributed by atoms with Crippen LogP contribution in [0.3, 0.4) is 0 Å². The Kier molecular flexibility index (Phi) is 5.33. The Bertz CT molecular complexity index is 906. The first-order chi connectivity index (χ1) is 14.2. The molecule has 2 heterocycles. The van der Waals surface area contributed by atoms with Crippen LogP contribution >= 0.6 is 0 Å². The molecule has 0 amide bonds. The van der Waals surface area contributed by atoms with E-state index in [9.17, 15) is 25.2 Å². The minimum Gasteiger partial charge on any atom is -0.462 e. The first-order valence-corrected chi connectivity index (χ1v) is 9.72. The van der Waals surface area contributed by atoms with Crippen LogP contribution in [0, 0.1) is 0 Å². The molecule has 1 fully saturated rings. The van der Waals surface area contributed by atoms with Gasteiger partial charge < -0.3 is 40.0 Å². The van der Waals surface area contributed by atoms with Crippen LogP contribution in [0.25, 0.3) is 0 Å². The monoisotopic (exact) mass is 419 g/mol. The minimum atomic E-state index is -1.53. The molecule has 3 aliphatic rings. The highest BCUT2D eigenvalue weighted by Crippen LogP contribution is 2.39. The quantitative estimate of drug-likeness (QED) is 0.452. The molecule has 9 nitrogen and oxygen atoms in total. The Morgan fingerprint density at radius 2 is 1.97 bits per heavy atom. The van der Waals surface area contributed by atoms with Gasteiger partial charge in [0.15, 0.2) is 5.78 Å². The van der Waals surface area contributed by atoms with Gasteiger partial charge in [-0.2, -0.15) is 0 Å². The van der Waals surface area contributed by atoms with Gasteiger partial charge in [-0.1, -0.05) is 0 Å². The molecule has 2 aliphatic heterocycles. The number of hydrogen-bond donors (Lipinski definition) is 5. The molecule has 9 heteroatoms. The number of fused-ring (bicyclic) bond motifs is 2. The van der Waals surface area contributed by atoms with Crippen molar-refractivity contribution in [1.29, 1.82) is 0 Å². The van der Waals surface area contributed by atoms with Crippen molar-refractivity contribution in [2.45, 2.75) is 56.5 Å². The van der Waals surface area contributed by atoms with E-state index in [1.165, 1.54) is 6.08 Å². The number of nitrogens with one attached hydrogen (secondary N) is 1. The molecule has 0 radical (unpaired) electrons. The molecule has 4 rings (SSSR count). The van der Waals surface area contributed by atoms with Crippen molar-refractivity contribution in [1.82, 2.24) is 5.32 Å². The summed E-state index contributed by atoms with van der Waals surface area (Å²) >= 11 is 0. The largest absolute Gasteiger partial charge is 0.462 e. The lowest BCUT2D eigenvalue weighted by atomic mass is 9.92. The summed E-state index contributed by atoms with van der Waals surface area (Å²) in [5.41, 5.74) is 0.723. The lowest BCUT2D eigenvalue weighted by Gasteiger charge is -2.39. The van der Waals surface area contributed by atoms with Gasteiger partial charge in [-0.3, -0.25) is 4.79 Å². The number of rotatable bonds is 3. The molecular weight excluding hydrogens is 394 g/mol. The third-order valence-electron chi connectivity index (χ3n) is 5.45. The van der Waals surface area contributed by atoms with Crippen LogP contribution in [0.1, 0.15) is 25.8 Å². The summed E-state index contributed by atoms with van der Waals surface area (Å²) in [5, 5.41) is 42.7. The van der Waals surface area contributed by atoms with E-state index in [0.29, 0.717) is 23.0 Å². The summed E-state index contributed by atoms with van der Waals surface area (Å²) < 4.78 is 17.2. The van der Waals surface area contributed by atoms with Crippen LogP contribution in [-0.4, -0.2) is 63.5 Å². The van der Waals surface area contributed by atoms with E-state index in [0.717, 1.165) is 5.56 Å². The Morgan fingerprint density at radius 3 is 2.70 bits per heavy atom. The molecule has 5 N–H and O–H groups in total. The van der Waals surface area contributed by atoms with E-state index in [2.05, 4.69) is 5.32 Å². The van der Waals surface area contributed by atoms with Gasteiger partial charge in [-0.25, -0.2) is 0 Å². The van der Waals surface area contributed by atoms with Gasteiger partial charge in [0.1, 0.15) is 41.7 Å².